The van der Waals surface area contributed by atoms with Crippen LogP contribution in [0.15, 0.2) is 119 Å². The Labute approximate surface area is 236 Å². The van der Waals surface area contributed by atoms with Gasteiger partial charge in [-0.25, -0.2) is 13.9 Å². The zero-order valence-corrected chi connectivity index (χ0v) is 23.3. The Bertz CT molecular complexity index is 1860. The van der Waals surface area contributed by atoms with Gasteiger partial charge in [0.1, 0.15) is 5.58 Å². The Hall–Kier alpha value is -4.29. The summed E-state index contributed by atoms with van der Waals surface area (Å²) >= 11 is 0. The Kier molecular flexibility index (Phi) is 7.31. The summed E-state index contributed by atoms with van der Waals surface area (Å²) in [7, 11) is 0. The summed E-state index contributed by atoms with van der Waals surface area (Å²) in [6.07, 6.45) is 1.96. The summed E-state index contributed by atoms with van der Waals surface area (Å²) in [6.45, 7) is 4.33. The standard InChI is InChI=1S/C33H27N2O3.BrH/c1-22-17-28-29(18-23(22)2)35(21-34(28)20-30(36)24-11-5-3-6-12-24)32(25-13-7-4-8-14-25)27-19-26-15-9-10-16-31(26)38-33(27)37;/h3-19,21,32H,20H2,1-2H3;1H/q+1;/p-1. The second kappa shape index (κ2) is 10.8. The molecule has 1 atom stereocenters. The summed E-state index contributed by atoms with van der Waals surface area (Å²) in [5.74, 6) is 0.0226. The van der Waals surface area contributed by atoms with Crippen LogP contribution in [-0.2, 0) is 6.54 Å². The van der Waals surface area contributed by atoms with Gasteiger partial charge in [-0.3, -0.25) is 4.79 Å². The number of nitrogens with zero attached hydrogens (tertiary/aromatic N) is 2. The van der Waals surface area contributed by atoms with Gasteiger partial charge in [-0.05, 0) is 49.2 Å². The molecule has 0 fully saturated rings. The van der Waals surface area contributed by atoms with Crippen molar-refractivity contribution in [3.05, 3.63) is 148 Å². The molecule has 0 saturated heterocycles. The number of imidazole rings is 1. The van der Waals surface area contributed by atoms with E-state index in [2.05, 4.69) is 30.5 Å². The quantitative estimate of drug-likeness (QED) is 0.173. The number of ketones is 1. The molecule has 0 bridgehead atoms. The average molecular weight is 579 g/mol. The van der Waals surface area contributed by atoms with E-state index in [-0.39, 0.29) is 34.9 Å². The minimum absolute atomic E-state index is 0. The summed E-state index contributed by atoms with van der Waals surface area (Å²) in [5.41, 5.74) is 6.47. The fraction of sp³-hybridized carbons (Fsp3) is 0.121. The second-order valence-corrected chi connectivity index (χ2v) is 9.71. The third-order valence-corrected chi connectivity index (χ3v) is 7.21. The molecule has 39 heavy (non-hydrogen) atoms. The number of fused-ring (bicyclic) bond motifs is 2. The first-order valence-electron chi connectivity index (χ1n) is 12.7. The molecule has 6 heteroatoms. The number of rotatable bonds is 6. The highest BCUT2D eigenvalue weighted by Gasteiger charge is 2.30. The van der Waals surface area contributed by atoms with Gasteiger partial charge in [0.05, 0.1) is 5.56 Å². The number of hydrogen-bond acceptors (Lipinski definition) is 3. The van der Waals surface area contributed by atoms with E-state index >= 15 is 0 Å². The Balaban J connectivity index is 0.00000308. The number of aromatic nitrogens is 2. The van der Waals surface area contributed by atoms with Gasteiger partial charge in [0, 0.05) is 16.5 Å². The van der Waals surface area contributed by atoms with Crippen molar-refractivity contribution in [1.29, 1.82) is 0 Å². The lowest BCUT2D eigenvalue weighted by Crippen LogP contribution is -3.00. The van der Waals surface area contributed by atoms with E-state index in [4.69, 9.17) is 4.42 Å². The Morgan fingerprint density at radius 3 is 2.23 bits per heavy atom. The highest BCUT2D eigenvalue weighted by molar-refractivity contribution is 5.95. The van der Waals surface area contributed by atoms with Crippen LogP contribution in [0.5, 0.6) is 0 Å². The Morgan fingerprint density at radius 2 is 1.49 bits per heavy atom. The van der Waals surface area contributed by atoms with Gasteiger partial charge in [0.15, 0.2) is 23.6 Å². The topological polar surface area (TPSA) is 56.1 Å². The highest BCUT2D eigenvalue weighted by Crippen LogP contribution is 2.30. The van der Waals surface area contributed by atoms with Crippen LogP contribution in [0.1, 0.15) is 38.7 Å². The number of carbonyl (C=O) groups is 1. The molecule has 0 amide bonds. The molecule has 5 nitrogen and oxygen atoms in total. The molecule has 0 spiro atoms. The van der Waals surface area contributed by atoms with Crippen LogP contribution >= 0.6 is 0 Å². The smallest absolute Gasteiger partial charge is 0.344 e. The monoisotopic (exact) mass is 578 g/mol. The van der Waals surface area contributed by atoms with E-state index in [0.717, 1.165) is 33.1 Å². The lowest BCUT2D eigenvalue weighted by atomic mass is 9.98. The summed E-state index contributed by atoms with van der Waals surface area (Å²) < 4.78 is 9.85. The van der Waals surface area contributed by atoms with Crippen molar-refractivity contribution in [2.45, 2.75) is 26.4 Å². The van der Waals surface area contributed by atoms with Gasteiger partial charge >= 0.3 is 5.63 Å². The van der Waals surface area contributed by atoms with Crippen LogP contribution in [0.4, 0.5) is 0 Å². The van der Waals surface area contributed by atoms with E-state index in [1.807, 2.05) is 95.8 Å². The number of Topliss-reactive ketones (excluding diaryl/α,β-unsaturated/α-hetero) is 1. The molecule has 0 saturated carbocycles. The van der Waals surface area contributed by atoms with E-state index in [1.165, 1.54) is 0 Å². The third-order valence-electron chi connectivity index (χ3n) is 7.21. The molecule has 0 aliphatic heterocycles. The SMILES string of the molecule is Cc1cc2c(cc1C)[n+](CC(=O)c1ccccc1)cn2C(c1ccccc1)c1cc2ccccc2oc1=O.[Br-]. The zero-order chi connectivity index (χ0) is 26.2. The normalized spacial score (nSPS) is 11.8. The van der Waals surface area contributed by atoms with E-state index in [9.17, 15) is 9.59 Å². The van der Waals surface area contributed by atoms with Crippen molar-refractivity contribution >= 4 is 27.8 Å². The molecular formula is C33H27BrN2O3. The fourth-order valence-corrected chi connectivity index (χ4v) is 5.09. The van der Waals surface area contributed by atoms with Crippen LogP contribution < -0.4 is 27.2 Å². The molecule has 6 rings (SSSR count). The van der Waals surface area contributed by atoms with Crippen molar-refractivity contribution < 1.29 is 30.8 Å². The molecule has 0 aliphatic carbocycles. The van der Waals surface area contributed by atoms with Gasteiger partial charge in [0.2, 0.25) is 12.1 Å². The molecule has 4 aromatic carbocycles. The molecule has 6 aromatic rings. The van der Waals surface area contributed by atoms with Gasteiger partial charge in [-0.1, -0.05) is 78.9 Å². The number of aryl methyl sites for hydroxylation is 2. The first-order valence-corrected chi connectivity index (χ1v) is 12.7. The van der Waals surface area contributed by atoms with Crippen LogP contribution in [0.3, 0.4) is 0 Å². The molecule has 2 aromatic heterocycles. The molecule has 0 radical (unpaired) electrons. The molecule has 0 N–H and O–H groups in total. The minimum Gasteiger partial charge on any atom is -1.00 e. The van der Waals surface area contributed by atoms with E-state index in [1.54, 1.807) is 6.07 Å². The van der Waals surface area contributed by atoms with Crippen LogP contribution in [-0.4, -0.2) is 10.4 Å². The molecule has 0 aliphatic rings. The summed E-state index contributed by atoms with van der Waals surface area (Å²) in [6, 6.07) is 32.5. The van der Waals surface area contributed by atoms with Gasteiger partial charge < -0.3 is 21.4 Å². The fourth-order valence-electron chi connectivity index (χ4n) is 5.09. The molecule has 2 heterocycles. The van der Waals surface area contributed by atoms with Crippen molar-refractivity contribution in [1.82, 2.24) is 4.57 Å². The summed E-state index contributed by atoms with van der Waals surface area (Å²) in [4.78, 5) is 26.6. The number of halogens is 1. The molecular weight excluding hydrogens is 552 g/mol. The average Bonchev–Trinajstić information content (AvgIpc) is 3.26. The third kappa shape index (κ3) is 4.95. The highest BCUT2D eigenvalue weighted by atomic mass is 79.9. The second-order valence-electron chi connectivity index (χ2n) is 9.71. The Morgan fingerprint density at radius 1 is 0.846 bits per heavy atom. The predicted octanol–water partition coefficient (Wildman–Crippen LogP) is 3.18. The first kappa shape index (κ1) is 26.3. The summed E-state index contributed by atoms with van der Waals surface area (Å²) in [5, 5.41) is 0.860. The maximum Gasteiger partial charge on any atom is 0.344 e. The zero-order valence-electron chi connectivity index (χ0n) is 21.7. The lowest BCUT2D eigenvalue weighted by molar-refractivity contribution is -0.658. The maximum absolute atomic E-state index is 13.4. The van der Waals surface area contributed by atoms with E-state index in [0.29, 0.717) is 16.7 Å². The van der Waals surface area contributed by atoms with Crippen LogP contribution in [0.2, 0.25) is 0 Å². The van der Waals surface area contributed by atoms with E-state index < -0.39 is 6.04 Å². The molecule has 1 unspecified atom stereocenters. The van der Waals surface area contributed by atoms with Crippen molar-refractivity contribution in [3.63, 3.8) is 0 Å². The van der Waals surface area contributed by atoms with Crippen LogP contribution in [0, 0.1) is 13.8 Å². The largest absolute Gasteiger partial charge is 1.00 e. The van der Waals surface area contributed by atoms with Gasteiger partial charge in [-0.15, -0.1) is 0 Å². The van der Waals surface area contributed by atoms with Gasteiger partial charge in [0.25, 0.3) is 0 Å². The van der Waals surface area contributed by atoms with Crippen molar-refractivity contribution in [2.75, 3.05) is 0 Å². The van der Waals surface area contributed by atoms with Gasteiger partial charge in [-0.2, -0.15) is 0 Å². The van der Waals surface area contributed by atoms with Crippen LogP contribution in [0.25, 0.3) is 22.0 Å². The van der Waals surface area contributed by atoms with Crippen molar-refractivity contribution in [2.24, 2.45) is 0 Å². The van der Waals surface area contributed by atoms with Crippen molar-refractivity contribution in [3.8, 4) is 0 Å². The first-order chi connectivity index (χ1) is 18.5. The lowest BCUT2D eigenvalue weighted by Gasteiger charge is -2.15. The number of carbonyl (C=O) groups excluding carboxylic acids is 1. The molecule has 194 valence electrons. The predicted molar refractivity (Wildman–Crippen MR) is 149 cm³/mol. The minimum atomic E-state index is -0.449. The number of benzene rings is 4. The number of para-hydroxylation sites is 1. The number of hydrogen-bond donors (Lipinski definition) is 0. The maximum atomic E-state index is 13.4.